The molecule has 0 aliphatic carbocycles. The van der Waals surface area contributed by atoms with Crippen LogP contribution in [0, 0.1) is 5.82 Å². The third-order valence-electron chi connectivity index (χ3n) is 5.32. The summed E-state index contributed by atoms with van der Waals surface area (Å²) in [5, 5.41) is 14.3. The second-order valence-corrected chi connectivity index (χ2v) is 7.65. The molecule has 1 fully saturated rings. The number of aromatic hydroxyl groups is 1. The van der Waals surface area contributed by atoms with Crippen LogP contribution in [-0.4, -0.2) is 41.9 Å². The summed E-state index contributed by atoms with van der Waals surface area (Å²) < 4.78 is 21.0. The average molecular weight is 428 g/mol. The van der Waals surface area contributed by atoms with Crippen molar-refractivity contribution in [3.8, 4) is 22.6 Å². The number of halogens is 2. The topological polar surface area (TPSA) is 57.6 Å². The van der Waals surface area contributed by atoms with Crippen LogP contribution >= 0.6 is 11.6 Å². The van der Waals surface area contributed by atoms with E-state index < -0.39 is 5.82 Å². The number of pyridine rings is 1. The molecule has 1 saturated heterocycles. The maximum atomic E-state index is 15.6. The molecule has 0 bridgehead atoms. The lowest BCUT2D eigenvalue weighted by atomic mass is 9.96. The summed E-state index contributed by atoms with van der Waals surface area (Å²) in [7, 11) is 1.49. The summed E-state index contributed by atoms with van der Waals surface area (Å²) in [5.41, 5.74) is 2.52. The molecule has 0 saturated carbocycles. The van der Waals surface area contributed by atoms with Gasteiger partial charge in [0.2, 0.25) is 0 Å². The summed E-state index contributed by atoms with van der Waals surface area (Å²) in [6.45, 7) is 3.09. The van der Waals surface area contributed by atoms with Crippen LogP contribution in [-0.2, 0) is 13.0 Å². The van der Waals surface area contributed by atoms with E-state index in [4.69, 9.17) is 16.3 Å². The van der Waals surface area contributed by atoms with Crippen LogP contribution in [0.5, 0.6) is 11.5 Å². The van der Waals surface area contributed by atoms with Gasteiger partial charge in [-0.2, -0.15) is 0 Å². The largest absolute Gasteiger partial charge is 0.506 e. The number of hydrogen-bond acceptors (Lipinski definition) is 5. The molecule has 30 heavy (non-hydrogen) atoms. The van der Waals surface area contributed by atoms with Crippen LogP contribution in [0.25, 0.3) is 11.1 Å². The molecule has 4 rings (SSSR count). The molecular weight excluding hydrogens is 405 g/mol. The monoisotopic (exact) mass is 427 g/mol. The predicted molar refractivity (Wildman–Crippen MR) is 115 cm³/mol. The normalized spacial score (nSPS) is 14.2. The number of rotatable bonds is 6. The van der Waals surface area contributed by atoms with Gasteiger partial charge in [0.1, 0.15) is 17.3 Å². The number of aromatic nitrogens is 1. The van der Waals surface area contributed by atoms with E-state index in [0.717, 1.165) is 19.8 Å². The van der Waals surface area contributed by atoms with Gasteiger partial charge in [-0.25, -0.2) is 4.39 Å². The Labute approximate surface area is 180 Å². The molecule has 7 heteroatoms. The molecule has 1 aliphatic heterocycles. The minimum atomic E-state index is -0.452. The number of ether oxygens (including phenoxy) is 1. The van der Waals surface area contributed by atoms with Gasteiger partial charge in [-0.05, 0) is 17.7 Å². The van der Waals surface area contributed by atoms with Crippen molar-refractivity contribution in [2.24, 2.45) is 0 Å². The lowest BCUT2D eigenvalue weighted by Gasteiger charge is -2.17. The fraction of sp³-hybridized carbons (Fsp3) is 0.261. The van der Waals surface area contributed by atoms with Crippen molar-refractivity contribution >= 4 is 11.6 Å². The number of nitrogens with zero attached hydrogens (tertiary/aromatic N) is 2. The van der Waals surface area contributed by atoms with Crippen molar-refractivity contribution in [1.29, 1.82) is 0 Å². The molecule has 2 N–H and O–H groups in total. The molecule has 2 heterocycles. The molecule has 3 aromatic rings. The van der Waals surface area contributed by atoms with E-state index in [1.807, 2.05) is 30.3 Å². The minimum absolute atomic E-state index is 0.0805. The van der Waals surface area contributed by atoms with E-state index in [9.17, 15) is 5.11 Å². The van der Waals surface area contributed by atoms with Gasteiger partial charge in [-0.15, -0.1) is 0 Å². The first kappa shape index (κ1) is 20.6. The third kappa shape index (κ3) is 4.12. The Morgan fingerprint density at radius 2 is 2.07 bits per heavy atom. The molecule has 2 aromatic carbocycles. The SMILES string of the molecule is COc1cc(Cl)c(Cc2ccnc(CN3CCNC3)c2O)c(F)c1-c1ccccc1. The molecular formula is C23H23ClFN3O2. The Morgan fingerprint density at radius 1 is 1.27 bits per heavy atom. The lowest BCUT2D eigenvalue weighted by Crippen LogP contribution is -2.22. The van der Waals surface area contributed by atoms with Gasteiger partial charge in [0, 0.05) is 50.0 Å². The van der Waals surface area contributed by atoms with Crippen LogP contribution < -0.4 is 10.1 Å². The predicted octanol–water partition coefficient (Wildman–Crippen LogP) is 4.21. The Balaban J connectivity index is 1.71. The fourth-order valence-electron chi connectivity index (χ4n) is 3.73. The molecule has 5 nitrogen and oxygen atoms in total. The van der Waals surface area contributed by atoms with Gasteiger partial charge in [0.05, 0.1) is 23.4 Å². The fourth-order valence-corrected chi connectivity index (χ4v) is 3.98. The van der Waals surface area contributed by atoms with E-state index >= 15 is 4.39 Å². The van der Waals surface area contributed by atoms with Gasteiger partial charge in [0.25, 0.3) is 0 Å². The highest BCUT2D eigenvalue weighted by Crippen LogP contribution is 2.39. The molecule has 156 valence electrons. The van der Waals surface area contributed by atoms with Crippen LogP contribution in [0.15, 0.2) is 48.7 Å². The number of nitrogens with one attached hydrogen (secondary N) is 1. The smallest absolute Gasteiger partial charge is 0.141 e. The van der Waals surface area contributed by atoms with Gasteiger partial charge in [0.15, 0.2) is 0 Å². The highest BCUT2D eigenvalue weighted by atomic mass is 35.5. The van der Waals surface area contributed by atoms with Crippen LogP contribution in [0.3, 0.4) is 0 Å². The van der Waals surface area contributed by atoms with Crippen molar-refractivity contribution in [1.82, 2.24) is 15.2 Å². The first-order valence-electron chi connectivity index (χ1n) is 9.77. The Kier molecular flexibility index (Phi) is 6.18. The van der Waals surface area contributed by atoms with Crippen molar-refractivity contribution < 1.29 is 14.2 Å². The highest BCUT2D eigenvalue weighted by molar-refractivity contribution is 6.31. The van der Waals surface area contributed by atoms with Crippen molar-refractivity contribution in [2.45, 2.75) is 13.0 Å². The summed E-state index contributed by atoms with van der Waals surface area (Å²) in [4.78, 5) is 6.47. The second-order valence-electron chi connectivity index (χ2n) is 7.25. The zero-order valence-corrected chi connectivity index (χ0v) is 17.4. The first-order chi connectivity index (χ1) is 14.6. The standard InChI is InChI=1S/C23H23ClFN3O2/c1-30-20-12-18(24)17(22(25)21(20)15-5-3-2-4-6-15)11-16-7-8-27-19(23(16)29)13-28-10-9-26-14-28/h2-8,12,26,29H,9-11,13-14H2,1H3. The number of benzene rings is 2. The maximum absolute atomic E-state index is 15.6. The lowest BCUT2D eigenvalue weighted by molar-refractivity contribution is 0.315. The van der Waals surface area contributed by atoms with Crippen molar-refractivity contribution in [2.75, 3.05) is 26.9 Å². The highest BCUT2D eigenvalue weighted by Gasteiger charge is 2.22. The Bertz CT molecular complexity index is 1040. The molecule has 1 aromatic heterocycles. The molecule has 0 unspecified atom stereocenters. The maximum Gasteiger partial charge on any atom is 0.141 e. The summed E-state index contributed by atoms with van der Waals surface area (Å²) in [6, 6.07) is 12.5. The van der Waals surface area contributed by atoms with Crippen LogP contribution in [0.4, 0.5) is 4.39 Å². The minimum Gasteiger partial charge on any atom is -0.506 e. The number of methoxy groups -OCH3 is 1. The van der Waals surface area contributed by atoms with E-state index in [2.05, 4.69) is 15.2 Å². The van der Waals surface area contributed by atoms with E-state index in [0.29, 0.717) is 40.2 Å². The van der Waals surface area contributed by atoms with Crippen LogP contribution in [0.1, 0.15) is 16.8 Å². The zero-order valence-electron chi connectivity index (χ0n) is 16.7. The third-order valence-corrected chi connectivity index (χ3v) is 5.66. The summed E-state index contributed by atoms with van der Waals surface area (Å²) in [6.07, 6.45) is 1.79. The van der Waals surface area contributed by atoms with Crippen molar-refractivity contribution in [3.63, 3.8) is 0 Å². The van der Waals surface area contributed by atoms with Gasteiger partial charge >= 0.3 is 0 Å². The van der Waals surface area contributed by atoms with E-state index in [1.54, 1.807) is 18.3 Å². The zero-order chi connectivity index (χ0) is 21.1. The molecule has 1 aliphatic rings. The van der Waals surface area contributed by atoms with Gasteiger partial charge < -0.3 is 15.2 Å². The molecule has 0 amide bonds. The van der Waals surface area contributed by atoms with Crippen LogP contribution in [0.2, 0.25) is 5.02 Å². The quantitative estimate of drug-likeness (QED) is 0.617. The van der Waals surface area contributed by atoms with Crippen molar-refractivity contribution in [3.05, 3.63) is 76.3 Å². The Morgan fingerprint density at radius 3 is 2.77 bits per heavy atom. The Hall–Kier alpha value is -2.67. The van der Waals surface area contributed by atoms with E-state index in [-0.39, 0.29) is 17.2 Å². The molecule has 0 spiro atoms. The second kappa shape index (κ2) is 9.00. The van der Waals surface area contributed by atoms with Gasteiger partial charge in [-0.3, -0.25) is 9.88 Å². The molecule has 0 atom stereocenters. The molecule has 0 radical (unpaired) electrons. The summed E-state index contributed by atoms with van der Waals surface area (Å²) in [5.74, 6) is -0.00220. The number of hydrogen-bond donors (Lipinski definition) is 2. The average Bonchev–Trinajstić information content (AvgIpc) is 3.27. The van der Waals surface area contributed by atoms with E-state index in [1.165, 1.54) is 7.11 Å². The first-order valence-corrected chi connectivity index (χ1v) is 10.2. The summed E-state index contributed by atoms with van der Waals surface area (Å²) >= 11 is 6.42. The van der Waals surface area contributed by atoms with Gasteiger partial charge in [-0.1, -0.05) is 41.9 Å².